The second-order valence-electron chi connectivity index (χ2n) is 7.42. The van der Waals surface area contributed by atoms with Crippen molar-refractivity contribution in [3.63, 3.8) is 0 Å². The van der Waals surface area contributed by atoms with Crippen LogP contribution in [0.3, 0.4) is 0 Å². The molecule has 3 aromatic rings. The molecule has 0 saturated carbocycles. The molecule has 0 aromatic heterocycles. The third-order valence-corrected chi connectivity index (χ3v) is 5.07. The number of unbranched alkanes of at least 4 members (excludes halogenated alkanes) is 1. The van der Waals surface area contributed by atoms with Gasteiger partial charge in [-0.05, 0) is 47.7 Å². The van der Waals surface area contributed by atoms with Gasteiger partial charge in [-0.2, -0.15) is 0 Å². The molecule has 2 atom stereocenters. The van der Waals surface area contributed by atoms with Crippen LogP contribution >= 0.6 is 0 Å². The van der Waals surface area contributed by atoms with Gasteiger partial charge in [-0.3, -0.25) is 0 Å². The van der Waals surface area contributed by atoms with Crippen molar-refractivity contribution >= 4 is 28.4 Å². The van der Waals surface area contributed by atoms with Crippen molar-refractivity contribution in [2.24, 2.45) is 0 Å². The molecule has 3 aromatic carbocycles. The zero-order valence-electron chi connectivity index (χ0n) is 18.0. The van der Waals surface area contributed by atoms with E-state index in [1.165, 1.54) is 34.9 Å². The van der Waals surface area contributed by atoms with E-state index in [9.17, 15) is 9.59 Å². The van der Waals surface area contributed by atoms with Gasteiger partial charge in [0.25, 0.3) is 0 Å². The maximum atomic E-state index is 9.77. The summed E-state index contributed by atoms with van der Waals surface area (Å²) in [6, 6.07) is 25.9. The smallest absolute Gasteiger partial charge is 0.335 e. The van der Waals surface area contributed by atoms with Gasteiger partial charge in [-0.15, -0.1) is 0 Å². The lowest BCUT2D eigenvalue weighted by atomic mass is 10.0. The molecule has 0 aliphatic rings. The topological polar surface area (TPSA) is 118 Å². The van der Waals surface area contributed by atoms with Gasteiger partial charge >= 0.3 is 11.9 Å². The molecule has 0 saturated heterocycles. The lowest BCUT2D eigenvalue weighted by Crippen LogP contribution is -2.39. The molecule has 4 N–H and O–H groups in total. The number of benzene rings is 3. The standard InChI is InChI=1S/C21H23N.C4H6O6/c1-22(20-14-3-2-4-15-20)17-8-7-11-19-13-9-12-18-10-5-6-16-21(18)19;5-1(3(7)8)2(6)4(9)10/h2-6,9-10,12-16H,7-8,11,17H2,1H3;1-2,5-6H,(H,7,8)(H,9,10). The number of aliphatic carboxylic acids is 2. The van der Waals surface area contributed by atoms with Gasteiger partial charge in [0.05, 0.1) is 0 Å². The van der Waals surface area contributed by atoms with Crippen LogP contribution in [0.4, 0.5) is 5.69 Å². The van der Waals surface area contributed by atoms with Crippen LogP contribution in [-0.2, 0) is 16.0 Å². The lowest BCUT2D eigenvalue weighted by Gasteiger charge is -2.19. The number of hydrogen-bond donors (Lipinski definition) is 4. The summed E-state index contributed by atoms with van der Waals surface area (Å²) in [7, 11) is 2.17. The van der Waals surface area contributed by atoms with Crippen molar-refractivity contribution in [2.75, 3.05) is 18.5 Å². The first-order valence-corrected chi connectivity index (χ1v) is 10.4. The first kappa shape index (κ1) is 24.8. The zero-order chi connectivity index (χ0) is 23.5. The molecule has 0 bridgehead atoms. The van der Waals surface area contributed by atoms with Gasteiger partial charge in [0.1, 0.15) is 0 Å². The van der Waals surface area contributed by atoms with Gasteiger partial charge in [-0.25, -0.2) is 9.59 Å². The van der Waals surface area contributed by atoms with Gasteiger partial charge in [0.15, 0.2) is 12.2 Å². The summed E-state index contributed by atoms with van der Waals surface area (Å²) in [6.07, 6.45) is -0.931. The van der Waals surface area contributed by atoms with Crippen LogP contribution < -0.4 is 4.90 Å². The highest BCUT2D eigenvalue weighted by molar-refractivity contribution is 5.85. The Labute approximate surface area is 187 Å². The Balaban J connectivity index is 0.000000309. The van der Waals surface area contributed by atoms with E-state index in [4.69, 9.17) is 20.4 Å². The number of aryl methyl sites for hydroxylation is 1. The Bertz CT molecular complexity index is 984. The highest BCUT2D eigenvalue weighted by Gasteiger charge is 2.29. The number of aliphatic hydroxyl groups excluding tert-OH is 2. The van der Waals surface area contributed by atoms with Crippen molar-refractivity contribution in [3.8, 4) is 0 Å². The maximum Gasteiger partial charge on any atom is 0.335 e. The van der Waals surface area contributed by atoms with Gasteiger partial charge < -0.3 is 25.3 Å². The third-order valence-electron chi connectivity index (χ3n) is 5.07. The number of hydrogen-bond acceptors (Lipinski definition) is 5. The maximum absolute atomic E-state index is 9.77. The van der Waals surface area contributed by atoms with Crippen LogP contribution in [0.2, 0.25) is 0 Å². The van der Waals surface area contributed by atoms with E-state index in [1.54, 1.807) is 0 Å². The highest BCUT2D eigenvalue weighted by atomic mass is 16.4. The second kappa shape index (κ2) is 12.4. The fourth-order valence-electron chi connectivity index (χ4n) is 3.26. The molecule has 170 valence electrons. The van der Waals surface area contributed by atoms with Crippen LogP contribution in [0, 0.1) is 0 Å². The van der Waals surface area contributed by atoms with Crippen molar-refractivity contribution in [1.29, 1.82) is 0 Å². The molecule has 0 heterocycles. The van der Waals surface area contributed by atoms with Crippen LogP contribution in [0.15, 0.2) is 72.8 Å². The average molecular weight is 440 g/mol. The minimum absolute atomic E-state index is 1.11. The number of nitrogens with zero attached hydrogens (tertiary/aromatic N) is 1. The third kappa shape index (κ3) is 7.37. The molecule has 0 radical (unpaired) electrons. The Kier molecular flexibility index (Phi) is 9.66. The summed E-state index contributed by atoms with van der Waals surface area (Å²) in [6.45, 7) is 1.11. The van der Waals surface area contributed by atoms with Crippen molar-refractivity contribution in [2.45, 2.75) is 31.5 Å². The molecule has 0 spiro atoms. The number of anilines is 1. The number of carbonyl (C=O) groups is 2. The normalized spacial score (nSPS) is 12.3. The van der Waals surface area contributed by atoms with Crippen LogP contribution in [0.5, 0.6) is 0 Å². The molecule has 0 amide bonds. The van der Waals surface area contributed by atoms with Gasteiger partial charge in [0.2, 0.25) is 0 Å². The Morgan fingerprint density at radius 3 is 1.97 bits per heavy atom. The van der Waals surface area contributed by atoms with Crippen molar-refractivity contribution in [1.82, 2.24) is 0 Å². The van der Waals surface area contributed by atoms with E-state index < -0.39 is 24.1 Å². The summed E-state index contributed by atoms with van der Waals surface area (Å²) >= 11 is 0. The predicted octanol–water partition coefficient (Wildman–Crippen LogP) is 3.18. The van der Waals surface area contributed by atoms with Crippen molar-refractivity contribution < 1.29 is 30.0 Å². The Hall–Kier alpha value is -3.42. The predicted molar refractivity (Wildman–Crippen MR) is 124 cm³/mol. The number of fused-ring (bicyclic) bond motifs is 1. The quantitative estimate of drug-likeness (QED) is 0.378. The molecule has 0 aliphatic carbocycles. The number of rotatable bonds is 9. The molecule has 7 nitrogen and oxygen atoms in total. The summed E-state index contributed by atoms with van der Waals surface area (Å²) in [5, 5.41) is 35.3. The summed E-state index contributed by atoms with van der Waals surface area (Å²) in [5.74, 6) is -3.54. The molecule has 2 unspecified atom stereocenters. The number of carboxylic acids is 2. The van der Waals surface area contributed by atoms with E-state index >= 15 is 0 Å². The zero-order valence-corrected chi connectivity index (χ0v) is 18.0. The first-order valence-electron chi connectivity index (χ1n) is 10.4. The largest absolute Gasteiger partial charge is 0.479 e. The minimum atomic E-state index is -2.27. The Morgan fingerprint density at radius 1 is 0.781 bits per heavy atom. The SMILES string of the molecule is CN(CCCCc1cccc2ccccc12)c1ccccc1.O=C(O)C(O)C(O)C(=O)O. The number of aliphatic hydroxyl groups is 2. The number of para-hydroxylation sites is 1. The van der Waals surface area contributed by atoms with E-state index in [0.717, 1.165) is 13.0 Å². The molecule has 3 rings (SSSR count). The molecular weight excluding hydrogens is 410 g/mol. The molecule has 7 heteroatoms. The average Bonchev–Trinajstić information content (AvgIpc) is 2.81. The van der Waals surface area contributed by atoms with Gasteiger partial charge in [-0.1, -0.05) is 60.7 Å². The summed E-state index contributed by atoms with van der Waals surface area (Å²) in [4.78, 5) is 21.9. The fraction of sp³-hybridized carbons (Fsp3) is 0.280. The second-order valence-corrected chi connectivity index (χ2v) is 7.42. The summed E-state index contributed by atoms with van der Waals surface area (Å²) < 4.78 is 0. The number of carboxylic acid groups (broad SMARTS) is 2. The fourth-order valence-corrected chi connectivity index (χ4v) is 3.26. The minimum Gasteiger partial charge on any atom is -0.479 e. The van der Waals surface area contributed by atoms with Crippen LogP contribution in [0.25, 0.3) is 10.8 Å². The van der Waals surface area contributed by atoms with E-state index in [0.29, 0.717) is 0 Å². The summed E-state index contributed by atoms with van der Waals surface area (Å²) in [5.41, 5.74) is 2.77. The van der Waals surface area contributed by atoms with Crippen LogP contribution in [-0.4, -0.2) is 58.2 Å². The van der Waals surface area contributed by atoms with Crippen LogP contribution in [0.1, 0.15) is 18.4 Å². The van der Waals surface area contributed by atoms with E-state index in [2.05, 4.69) is 84.7 Å². The monoisotopic (exact) mass is 439 g/mol. The van der Waals surface area contributed by atoms with E-state index in [1.807, 2.05) is 0 Å². The lowest BCUT2D eigenvalue weighted by molar-refractivity contribution is -0.165. The highest BCUT2D eigenvalue weighted by Crippen LogP contribution is 2.20. The Morgan fingerprint density at radius 2 is 1.34 bits per heavy atom. The first-order chi connectivity index (χ1) is 15.3. The molecule has 32 heavy (non-hydrogen) atoms. The molecular formula is C25H29NO6. The molecule has 0 aliphatic heterocycles. The molecule has 0 fully saturated rings. The van der Waals surface area contributed by atoms with Gasteiger partial charge in [0, 0.05) is 19.3 Å². The van der Waals surface area contributed by atoms with Crippen molar-refractivity contribution in [3.05, 3.63) is 78.4 Å². The van der Waals surface area contributed by atoms with E-state index in [-0.39, 0.29) is 0 Å².